The van der Waals surface area contributed by atoms with Crippen molar-refractivity contribution in [1.29, 1.82) is 0 Å². The number of anilines is 1. The molecule has 5 nitrogen and oxygen atoms in total. The van der Waals surface area contributed by atoms with Crippen LogP contribution < -0.4 is 10.6 Å². The lowest BCUT2D eigenvalue weighted by Crippen LogP contribution is -2.36. The minimum absolute atomic E-state index is 0.0648. The molecule has 0 fully saturated rings. The average molecular weight is 366 g/mol. The van der Waals surface area contributed by atoms with Gasteiger partial charge in [-0.15, -0.1) is 0 Å². The van der Waals surface area contributed by atoms with Crippen LogP contribution in [0, 0.1) is 0 Å². The highest BCUT2D eigenvalue weighted by molar-refractivity contribution is 6.39. The van der Waals surface area contributed by atoms with Crippen molar-refractivity contribution in [3.8, 4) is 0 Å². The summed E-state index contributed by atoms with van der Waals surface area (Å²) in [5.74, 6) is -1.94. The standard InChI is InChI=1S/C18H17F3N2O3/c19-18(20,21)13-6-8-14(9-7-13)23-17(26)16(25)22-11-10-15(24)12-4-2-1-3-5-12/h1-9,15,24H,10-11H2,(H,22,25)(H,23,26). The number of hydrogen-bond acceptors (Lipinski definition) is 3. The number of nitrogens with one attached hydrogen (secondary N) is 2. The first-order valence-corrected chi connectivity index (χ1v) is 7.77. The first-order chi connectivity index (χ1) is 12.3. The van der Waals surface area contributed by atoms with Gasteiger partial charge in [0.05, 0.1) is 11.7 Å². The molecule has 0 radical (unpaired) electrons. The van der Waals surface area contributed by atoms with Gasteiger partial charge in [0.2, 0.25) is 0 Å². The Bertz CT molecular complexity index is 747. The summed E-state index contributed by atoms with van der Waals surface area (Å²) >= 11 is 0. The summed E-state index contributed by atoms with van der Waals surface area (Å²) in [6.07, 6.45) is -5.04. The molecule has 0 aliphatic carbocycles. The SMILES string of the molecule is O=C(NCCC(O)c1ccccc1)C(=O)Nc1ccc(C(F)(F)F)cc1. The van der Waals surface area contributed by atoms with Crippen LogP contribution in [0.15, 0.2) is 54.6 Å². The van der Waals surface area contributed by atoms with E-state index in [1.807, 2.05) is 6.07 Å². The Morgan fingerprint density at radius 3 is 2.15 bits per heavy atom. The number of aliphatic hydroxyl groups is 1. The van der Waals surface area contributed by atoms with E-state index in [0.29, 0.717) is 5.56 Å². The van der Waals surface area contributed by atoms with Crippen molar-refractivity contribution < 1.29 is 27.9 Å². The zero-order valence-electron chi connectivity index (χ0n) is 13.6. The first kappa shape index (κ1) is 19.5. The molecule has 138 valence electrons. The normalized spacial score (nSPS) is 12.3. The number of benzene rings is 2. The molecule has 1 unspecified atom stereocenters. The number of halogens is 3. The number of hydrogen-bond donors (Lipinski definition) is 3. The van der Waals surface area contributed by atoms with Crippen molar-refractivity contribution >= 4 is 17.5 Å². The first-order valence-electron chi connectivity index (χ1n) is 7.77. The molecule has 0 saturated heterocycles. The maximum atomic E-state index is 12.5. The summed E-state index contributed by atoms with van der Waals surface area (Å²) in [6.45, 7) is 0.0648. The molecule has 0 heterocycles. The molecule has 2 aromatic rings. The molecule has 2 amide bonds. The second-order valence-corrected chi connectivity index (χ2v) is 5.50. The van der Waals surface area contributed by atoms with E-state index in [4.69, 9.17) is 0 Å². The average Bonchev–Trinajstić information content (AvgIpc) is 2.62. The minimum Gasteiger partial charge on any atom is -0.388 e. The molecule has 0 saturated carbocycles. The van der Waals surface area contributed by atoms with Gasteiger partial charge in [-0.3, -0.25) is 9.59 Å². The molecule has 2 aromatic carbocycles. The van der Waals surface area contributed by atoms with Gasteiger partial charge in [-0.25, -0.2) is 0 Å². The fraction of sp³-hybridized carbons (Fsp3) is 0.222. The molecular formula is C18H17F3N2O3. The number of carbonyl (C=O) groups excluding carboxylic acids is 2. The Morgan fingerprint density at radius 1 is 0.962 bits per heavy atom. The maximum absolute atomic E-state index is 12.5. The Kier molecular flexibility index (Phi) is 6.35. The largest absolute Gasteiger partial charge is 0.416 e. The van der Waals surface area contributed by atoms with E-state index in [-0.39, 0.29) is 18.7 Å². The van der Waals surface area contributed by atoms with Crippen molar-refractivity contribution in [2.75, 3.05) is 11.9 Å². The smallest absolute Gasteiger partial charge is 0.388 e. The number of carbonyl (C=O) groups is 2. The van der Waals surface area contributed by atoms with Gasteiger partial charge < -0.3 is 15.7 Å². The summed E-state index contributed by atoms with van der Waals surface area (Å²) in [5, 5.41) is 14.5. The molecule has 3 N–H and O–H groups in total. The van der Waals surface area contributed by atoms with Crippen molar-refractivity contribution in [2.24, 2.45) is 0 Å². The lowest BCUT2D eigenvalue weighted by Gasteiger charge is -2.12. The Morgan fingerprint density at radius 2 is 1.58 bits per heavy atom. The quantitative estimate of drug-likeness (QED) is 0.712. The van der Waals surface area contributed by atoms with Crippen LogP contribution >= 0.6 is 0 Å². The number of rotatable bonds is 5. The van der Waals surface area contributed by atoms with E-state index in [0.717, 1.165) is 24.3 Å². The van der Waals surface area contributed by atoms with Crippen molar-refractivity contribution in [3.05, 3.63) is 65.7 Å². The van der Waals surface area contributed by atoms with Gasteiger partial charge >= 0.3 is 18.0 Å². The molecule has 0 aromatic heterocycles. The van der Waals surface area contributed by atoms with Crippen LogP contribution in [0.25, 0.3) is 0 Å². The topological polar surface area (TPSA) is 78.4 Å². The number of alkyl halides is 3. The zero-order chi connectivity index (χ0) is 19.2. The van der Waals surface area contributed by atoms with Gasteiger partial charge in [0.15, 0.2) is 0 Å². The lowest BCUT2D eigenvalue weighted by molar-refractivity contribution is -0.137. The van der Waals surface area contributed by atoms with E-state index >= 15 is 0 Å². The Balaban J connectivity index is 1.79. The monoisotopic (exact) mass is 366 g/mol. The fourth-order valence-electron chi connectivity index (χ4n) is 2.17. The summed E-state index contributed by atoms with van der Waals surface area (Å²) in [4.78, 5) is 23.4. The second kappa shape index (κ2) is 8.48. The van der Waals surface area contributed by atoms with Gasteiger partial charge in [0, 0.05) is 12.2 Å². The van der Waals surface area contributed by atoms with Gasteiger partial charge in [0.25, 0.3) is 0 Å². The van der Waals surface area contributed by atoms with Crippen LogP contribution in [0.1, 0.15) is 23.7 Å². The van der Waals surface area contributed by atoms with Crippen LogP contribution in [-0.4, -0.2) is 23.5 Å². The van der Waals surface area contributed by atoms with Gasteiger partial charge in [-0.05, 0) is 36.2 Å². The summed E-state index contributed by atoms with van der Waals surface area (Å²) < 4.78 is 37.4. The van der Waals surface area contributed by atoms with Crippen LogP contribution in [0.2, 0.25) is 0 Å². The van der Waals surface area contributed by atoms with Crippen LogP contribution in [0.3, 0.4) is 0 Å². The number of aliphatic hydroxyl groups excluding tert-OH is 1. The second-order valence-electron chi connectivity index (χ2n) is 5.50. The molecule has 0 spiro atoms. The Hall–Kier alpha value is -2.87. The molecule has 0 aliphatic rings. The molecule has 8 heteroatoms. The minimum atomic E-state index is -4.47. The van der Waals surface area contributed by atoms with Crippen molar-refractivity contribution in [3.63, 3.8) is 0 Å². The third-order valence-corrected chi connectivity index (χ3v) is 3.56. The van der Waals surface area contributed by atoms with E-state index in [1.54, 1.807) is 24.3 Å². The molecule has 0 bridgehead atoms. The van der Waals surface area contributed by atoms with E-state index in [2.05, 4.69) is 10.6 Å². The molecule has 1 atom stereocenters. The van der Waals surface area contributed by atoms with Gasteiger partial charge in [-0.1, -0.05) is 30.3 Å². The van der Waals surface area contributed by atoms with Crippen molar-refractivity contribution in [1.82, 2.24) is 5.32 Å². The van der Waals surface area contributed by atoms with Crippen LogP contribution in [-0.2, 0) is 15.8 Å². The third-order valence-electron chi connectivity index (χ3n) is 3.56. The molecular weight excluding hydrogens is 349 g/mol. The van der Waals surface area contributed by atoms with Gasteiger partial charge in [-0.2, -0.15) is 13.2 Å². The predicted octanol–water partition coefficient (Wildman–Crippen LogP) is 2.88. The van der Waals surface area contributed by atoms with E-state index in [9.17, 15) is 27.9 Å². The van der Waals surface area contributed by atoms with Crippen LogP contribution in [0.5, 0.6) is 0 Å². The van der Waals surface area contributed by atoms with Gasteiger partial charge in [0.1, 0.15) is 0 Å². The highest BCUT2D eigenvalue weighted by Crippen LogP contribution is 2.29. The van der Waals surface area contributed by atoms with Crippen molar-refractivity contribution in [2.45, 2.75) is 18.7 Å². The zero-order valence-corrected chi connectivity index (χ0v) is 13.6. The summed E-state index contributed by atoms with van der Waals surface area (Å²) in [7, 11) is 0. The fourth-order valence-corrected chi connectivity index (χ4v) is 2.17. The highest BCUT2D eigenvalue weighted by Gasteiger charge is 2.30. The molecule has 0 aliphatic heterocycles. The van der Waals surface area contributed by atoms with E-state index < -0.39 is 29.7 Å². The maximum Gasteiger partial charge on any atom is 0.416 e. The summed E-state index contributed by atoms with van der Waals surface area (Å²) in [6, 6.07) is 12.6. The molecule has 26 heavy (non-hydrogen) atoms. The van der Waals surface area contributed by atoms with Crippen LogP contribution in [0.4, 0.5) is 18.9 Å². The third kappa shape index (κ3) is 5.59. The molecule has 2 rings (SSSR count). The predicted molar refractivity (Wildman–Crippen MR) is 89.1 cm³/mol. The number of amides is 2. The Labute approximate surface area is 147 Å². The highest BCUT2D eigenvalue weighted by atomic mass is 19.4. The van der Waals surface area contributed by atoms with E-state index in [1.165, 1.54) is 0 Å². The lowest BCUT2D eigenvalue weighted by atomic mass is 10.1. The summed E-state index contributed by atoms with van der Waals surface area (Å²) in [5.41, 5.74) is -0.0896.